The maximum Gasteiger partial charge on any atom is 0.168 e. The molecule has 3 aromatic carbocycles. The summed E-state index contributed by atoms with van der Waals surface area (Å²) in [6, 6.07) is 24.2. The highest BCUT2D eigenvalue weighted by Gasteiger charge is 2.25. The first-order valence-corrected chi connectivity index (χ1v) is 13.9. The van der Waals surface area contributed by atoms with Gasteiger partial charge in [0.2, 0.25) is 0 Å². The van der Waals surface area contributed by atoms with Crippen molar-refractivity contribution in [3.05, 3.63) is 125 Å². The number of nitrogens with zero attached hydrogens (tertiary/aromatic N) is 4. The van der Waals surface area contributed by atoms with Crippen molar-refractivity contribution in [2.75, 3.05) is 0 Å². The third-order valence-electron chi connectivity index (χ3n) is 8.18. The van der Waals surface area contributed by atoms with Gasteiger partial charge in [-0.2, -0.15) is 0 Å². The second-order valence-corrected chi connectivity index (χ2v) is 10.9. The third-order valence-corrected chi connectivity index (χ3v) is 8.18. The predicted octanol–water partition coefficient (Wildman–Crippen LogP) is 8.62. The van der Waals surface area contributed by atoms with Crippen LogP contribution >= 0.6 is 0 Å². The molecule has 2 heterocycles. The van der Waals surface area contributed by atoms with E-state index in [-0.39, 0.29) is 5.92 Å². The van der Waals surface area contributed by atoms with Gasteiger partial charge in [0.05, 0.1) is 11.2 Å². The standard InChI is InChI=1S/C35H32N4/c1-23-16-17-24(2)32(22-23)39-34(26-11-5-4-6-12-26)36-37-35(39)27-18-20-28(21-19-27)38-31-15-8-7-13-29(31)30-14-9-10-25(3)33(30)38/h4-9,11,13-22,25-26H,10,12H2,1-3H3. The van der Waals surface area contributed by atoms with Gasteiger partial charge >= 0.3 is 0 Å². The number of fused-ring (bicyclic) bond motifs is 3. The summed E-state index contributed by atoms with van der Waals surface area (Å²) in [5.74, 6) is 2.52. The molecule has 2 atom stereocenters. The molecule has 39 heavy (non-hydrogen) atoms. The van der Waals surface area contributed by atoms with Gasteiger partial charge in [-0.3, -0.25) is 4.57 Å². The SMILES string of the molecule is Cc1ccc(C)c(-n2c(-c3ccc(-n4c5c(c6ccccc64)C=CCC5C)cc3)nnc2C2C=CC=CC2)c1. The second kappa shape index (κ2) is 9.39. The predicted molar refractivity (Wildman–Crippen MR) is 161 cm³/mol. The first-order valence-electron chi connectivity index (χ1n) is 13.9. The van der Waals surface area contributed by atoms with Crippen molar-refractivity contribution < 1.29 is 0 Å². The molecule has 7 rings (SSSR count). The fraction of sp³-hybridized carbons (Fsp3) is 0.200. The summed E-state index contributed by atoms with van der Waals surface area (Å²) in [4.78, 5) is 0. The molecule has 0 radical (unpaired) electrons. The van der Waals surface area contributed by atoms with Crippen LogP contribution in [-0.2, 0) is 0 Å². The monoisotopic (exact) mass is 508 g/mol. The molecule has 0 spiro atoms. The van der Waals surface area contributed by atoms with Gasteiger partial charge < -0.3 is 4.57 Å². The van der Waals surface area contributed by atoms with Gasteiger partial charge in [0.25, 0.3) is 0 Å². The van der Waals surface area contributed by atoms with E-state index < -0.39 is 0 Å². The largest absolute Gasteiger partial charge is 0.313 e. The zero-order valence-electron chi connectivity index (χ0n) is 22.7. The third kappa shape index (κ3) is 3.90. The van der Waals surface area contributed by atoms with Crippen LogP contribution in [-0.4, -0.2) is 19.3 Å². The minimum Gasteiger partial charge on any atom is -0.313 e. The molecule has 4 nitrogen and oxygen atoms in total. The Bertz CT molecular complexity index is 1790. The molecule has 2 unspecified atom stereocenters. The molecular weight excluding hydrogens is 476 g/mol. The lowest BCUT2D eigenvalue weighted by atomic mass is 9.93. The summed E-state index contributed by atoms with van der Waals surface area (Å²) < 4.78 is 4.72. The summed E-state index contributed by atoms with van der Waals surface area (Å²) in [6.45, 7) is 6.64. The Morgan fingerprint density at radius 2 is 1.67 bits per heavy atom. The molecule has 2 aliphatic carbocycles. The van der Waals surface area contributed by atoms with Gasteiger partial charge in [-0.05, 0) is 74.2 Å². The van der Waals surface area contributed by atoms with Crippen LogP contribution in [0.4, 0.5) is 0 Å². The van der Waals surface area contributed by atoms with E-state index in [0.29, 0.717) is 5.92 Å². The Morgan fingerprint density at radius 1 is 0.821 bits per heavy atom. The molecule has 0 aliphatic heterocycles. The minimum atomic E-state index is 0.197. The Balaban J connectivity index is 1.37. The molecule has 192 valence electrons. The highest BCUT2D eigenvalue weighted by Crippen LogP contribution is 2.39. The fourth-order valence-electron chi connectivity index (χ4n) is 6.18. The maximum absolute atomic E-state index is 4.77. The lowest BCUT2D eigenvalue weighted by molar-refractivity contribution is 0.723. The highest BCUT2D eigenvalue weighted by molar-refractivity contribution is 5.93. The summed E-state index contributed by atoms with van der Waals surface area (Å²) in [5, 5.41) is 10.8. The molecular formula is C35H32N4. The van der Waals surface area contributed by atoms with Gasteiger partial charge in [0.15, 0.2) is 5.82 Å². The maximum atomic E-state index is 4.77. The van der Waals surface area contributed by atoms with E-state index >= 15 is 0 Å². The average Bonchev–Trinajstić information content (AvgIpc) is 3.56. The smallest absolute Gasteiger partial charge is 0.168 e. The van der Waals surface area contributed by atoms with Crippen LogP contribution in [0.1, 0.15) is 59.8 Å². The van der Waals surface area contributed by atoms with E-state index in [9.17, 15) is 0 Å². The molecule has 0 fully saturated rings. The molecule has 0 bridgehead atoms. The molecule has 5 aromatic rings. The summed E-state index contributed by atoms with van der Waals surface area (Å²) in [5.41, 5.74) is 9.82. The molecule has 4 heteroatoms. The topological polar surface area (TPSA) is 35.6 Å². The molecule has 0 amide bonds. The van der Waals surface area contributed by atoms with Crippen LogP contribution in [0.2, 0.25) is 0 Å². The van der Waals surface area contributed by atoms with Crippen molar-refractivity contribution >= 4 is 17.0 Å². The van der Waals surface area contributed by atoms with E-state index in [2.05, 4.69) is 133 Å². The van der Waals surface area contributed by atoms with E-state index in [1.165, 1.54) is 39.0 Å². The first-order chi connectivity index (χ1) is 19.1. The second-order valence-electron chi connectivity index (χ2n) is 10.9. The Kier molecular flexibility index (Phi) is 5.70. The number of hydrogen-bond donors (Lipinski definition) is 0. The van der Waals surface area contributed by atoms with Gasteiger partial charge in [-0.1, -0.05) is 73.7 Å². The number of para-hydroxylation sites is 1. The van der Waals surface area contributed by atoms with Crippen LogP contribution in [0.15, 0.2) is 97.1 Å². The van der Waals surface area contributed by atoms with Gasteiger partial charge in [-0.15, -0.1) is 10.2 Å². The van der Waals surface area contributed by atoms with Crippen molar-refractivity contribution in [2.24, 2.45) is 0 Å². The van der Waals surface area contributed by atoms with Crippen LogP contribution in [0.3, 0.4) is 0 Å². The lowest BCUT2D eigenvalue weighted by Gasteiger charge is -2.20. The normalized spacial score (nSPS) is 18.1. The Morgan fingerprint density at radius 3 is 2.49 bits per heavy atom. The van der Waals surface area contributed by atoms with Gasteiger partial charge in [0.1, 0.15) is 5.82 Å². The van der Waals surface area contributed by atoms with Crippen molar-refractivity contribution in [2.45, 2.75) is 45.4 Å². The molecule has 0 N–H and O–H groups in total. The molecule has 2 aliphatic rings. The van der Waals surface area contributed by atoms with Crippen molar-refractivity contribution in [1.82, 2.24) is 19.3 Å². The fourth-order valence-corrected chi connectivity index (χ4v) is 6.18. The van der Waals surface area contributed by atoms with Crippen molar-refractivity contribution in [3.8, 4) is 22.8 Å². The number of hydrogen-bond acceptors (Lipinski definition) is 2. The first kappa shape index (κ1) is 23.7. The summed E-state index contributed by atoms with van der Waals surface area (Å²) in [7, 11) is 0. The van der Waals surface area contributed by atoms with Crippen LogP contribution < -0.4 is 0 Å². The summed E-state index contributed by atoms with van der Waals surface area (Å²) in [6.07, 6.45) is 15.3. The lowest BCUT2D eigenvalue weighted by Crippen LogP contribution is -2.10. The van der Waals surface area contributed by atoms with Crippen molar-refractivity contribution in [3.63, 3.8) is 0 Å². The van der Waals surface area contributed by atoms with Crippen LogP contribution in [0.25, 0.3) is 39.7 Å². The summed E-state index contributed by atoms with van der Waals surface area (Å²) >= 11 is 0. The van der Waals surface area contributed by atoms with Crippen LogP contribution in [0.5, 0.6) is 0 Å². The number of benzene rings is 3. The van der Waals surface area contributed by atoms with E-state index in [1.54, 1.807) is 0 Å². The minimum absolute atomic E-state index is 0.197. The zero-order chi connectivity index (χ0) is 26.5. The molecule has 0 saturated heterocycles. The van der Waals surface area contributed by atoms with Crippen molar-refractivity contribution in [1.29, 1.82) is 0 Å². The van der Waals surface area contributed by atoms with E-state index in [4.69, 9.17) is 10.2 Å². The van der Waals surface area contributed by atoms with E-state index in [1.807, 2.05) is 0 Å². The molecule has 2 aromatic heterocycles. The molecule has 0 saturated carbocycles. The van der Waals surface area contributed by atoms with E-state index in [0.717, 1.165) is 35.7 Å². The Hall–Kier alpha value is -4.44. The quantitative estimate of drug-likeness (QED) is 0.244. The number of aromatic nitrogens is 4. The highest BCUT2D eigenvalue weighted by atomic mass is 15.3. The average molecular weight is 509 g/mol. The number of allylic oxidation sites excluding steroid dienone is 5. The Labute approximate surface area is 229 Å². The number of rotatable bonds is 4. The zero-order valence-corrected chi connectivity index (χ0v) is 22.7. The van der Waals surface area contributed by atoms with Gasteiger partial charge in [-0.25, -0.2) is 0 Å². The van der Waals surface area contributed by atoms with Gasteiger partial charge in [0, 0.05) is 39.7 Å². The van der Waals surface area contributed by atoms with Crippen LogP contribution in [0, 0.1) is 13.8 Å². The number of aryl methyl sites for hydroxylation is 2.